The molecule has 1 saturated carbocycles. The van der Waals surface area contributed by atoms with Gasteiger partial charge >= 0.3 is 17.9 Å². The minimum absolute atomic E-state index is 0.113. The summed E-state index contributed by atoms with van der Waals surface area (Å²) >= 11 is 0. The minimum atomic E-state index is -1.02. The van der Waals surface area contributed by atoms with E-state index in [-0.39, 0.29) is 43.5 Å². The van der Waals surface area contributed by atoms with Gasteiger partial charge in [0.05, 0.1) is 29.6 Å². The number of carbonyl (C=O) groups is 3. The monoisotopic (exact) mass is 692 g/mol. The lowest BCUT2D eigenvalue weighted by Crippen LogP contribution is -2.43. The predicted molar refractivity (Wildman–Crippen MR) is 195 cm³/mol. The van der Waals surface area contributed by atoms with Crippen LogP contribution in [-0.2, 0) is 45.4 Å². The minimum Gasteiger partial charge on any atom is -0.463 e. The van der Waals surface area contributed by atoms with Crippen LogP contribution in [0.1, 0.15) is 106 Å². The van der Waals surface area contributed by atoms with Crippen molar-refractivity contribution in [1.82, 2.24) is 0 Å². The highest BCUT2D eigenvalue weighted by Crippen LogP contribution is 2.43. The SMILES string of the molecule is C[C@@H]1CC[C@@H](C(C)(C)c2ccccc2)[C@H](OC(=O)/C=C\[C@H](C[C@@H](C[C@@H](O)COC(=O)C(C)(C)C)OCc2ccccc2)OC(=O)C(C)(C)C)C1. The Morgan fingerprint density at radius 2 is 1.44 bits per heavy atom. The number of hydrogen-bond donors (Lipinski definition) is 1. The number of rotatable bonds is 15. The van der Waals surface area contributed by atoms with Gasteiger partial charge in [0.15, 0.2) is 0 Å². The van der Waals surface area contributed by atoms with Crippen molar-refractivity contribution in [1.29, 1.82) is 0 Å². The molecule has 0 unspecified atom stereocenters. The highest BCUT2D eigenvalue weighted by atomic mass is 16.6. The van der Waals surface area contributed by atoms with Gasteiger partial charge in [-0.2, -0.15) is 0 Å². The maximum Gasteiger partial charge on any atom is 0.330 e. The van der Waals surface area contributed by atoms with Crippen molar-refractivity contribution >= 4 is 17.9 Å². The first-order valence-electron chi connectivity index (χ1n) is 18.0. The molecule has 1 aliphatic rings. The second-order valence-electron chi connectivity index (χ2n) is 16.5. The molecule has 0 heterocycles. The standard InChI is InChI=1S/C42H60O8/c1-29-20-22-35(42(8,9)31-18-14-11-15-19-31)36(24-29)50-37(44)23-21-33(49-39(46)41(5,6)7)26-34(47-27-30-16-12-10-13-17-30)25-32(43)28-48-38(45)40(2,3)4/h10-19,21,23,29,32-36,43H,20,22,24-28H2,1-9H3/b23-21-/t29-,32-,33-,34-,35-,36-/m1/s1. The van der Waals surface area contributed by atoms with Crippen LogP contribution in [0.3, 0.4) is 0 Å². The largest absolute Gasteiger partial charge is 0.463 e. The molecule has 6 atom stereocenters. The van der Waals surface area contributed by atoms with Gasteiger partial charge in [-0.3, -0.25) is 9.59 Å². The highest BCUT2D eigenvalue weighted by molar-refractivity contribution is 5.82. The predicted octanol–water partition coefficient (Wildman–Crippen LogP) is 8.14. The molecule has 0 saturated heterocycles. The van der Waals surface area contributed by atoms with Crippen LogP contribution in [-0.4, -0.2) is 54.0 Å². The summed E-state index contributed by atoms with van der Waals surface area (Å²) in [5, 5.41) is 10.9. The Hall–Kier alpha value is -3.49. The molecule has 1 aliphatic carbocycles. The number of benzene rings is 2. The summed E-state index contributed by atoms with van der Waals surface area (Å²) in [6.45, 7) is 17.2. The van der Waals surface area contributed by atoms with E-state index in [1.165, 1.54) is 11.6 Å². The summed E-state index contributed by atoms with van der Waals surface area (Å²) < 4.78 is 23.7. The number of hydrogen-bond acceptors (Lipinski definition) is 8. The Bertz CT molecular complexity index is 1390. The van der Waals surface area contributed by atoms with E-state index in [1.54, 1.807) is 47.6 Å². The van der Waals surface area contributed by atoms with Crippen LogP contribution in [0, 0.1) is 22.7 Å². The molecule has 1 N–H and O–H groups in total. The van der Waals surface area contributed by atoms with Crippen LogP contribution < -0.4 is 0 Å². The van der Waals surface area contributed by atoms with E-state index in [9.17, 15) is 19.5 Å². The molecule has 8 nitrogen and oxygen atoms in total. The fourth-order valence-electron chi connectivity index (χ4n) is 6.26. The van der Waals surface area contributed by atoms with Crippen molar-refractivity contribution in [2.75, 3.05) is 6.61 Å². The lowest BCUT2D eigenvalue weighted by Gasteiger charge is -2.43. The second kappa shape index (κ2) is 18.1. The van der Waals surface area contributed by atoms with Crippen LogP contribution in [0.5, 0.6) is 0 Å². The summed E-state index contributed by atoms with van der Waals surface area (Å²) in [4.78, 5) is 38.9. The zero-order valence-corrected chi connectivity index (χ0v) is 31.6. The Kier molecular flexibility index (Phi) is 14.8. The van der Waals surface area contributed by atoms with Crippen molar-refractivity contribution in [3.8, 4) is 0 Å². The third-order valence-electron chi connectivity index (χ3n) is 9.46. The number of carbonyl (C=O) groups excluding carboxylic acids is 3. The van der Waals surface area contributed by atoms with E-state index in [0.717, 1.165) is 24.8 Å². The third-order valence-corrected chi connectivity index (χ3v) is 9.46. The maximum atomic E-state index is 13.4. The second-order valence-corrected chi connectivity index (χ2v) is 16.5. The number of ether oxygens (including phenoxy) is 4. The van der Waals surface area contributed by atoms with Crippen molar-refractivity contribution in [2.24, 2.45) is 22.7 Å². The molecular weight excluding hydrogens is 632 g/mol. The van der Waals surface area contributed by atoms with Gasteiger partial charge in [0.1, 0.15) is 18.8 Å². The van der Waals surface area contributed by atoms with Crippen LogP contribution in [0.4, 0.5) is 0 Å². The molecule has 2 aromatic carbocycles. The zero-order valence-electron chi connectivity index (χ0n) is 31.6. The fourth-order valence-corrected chi connectivity index (χ4v) is 6.26. The van der Waals surface area contributed by atoms with Crippen LogP contribution in [0.2, 0.25) is 0 Å². The Labute approximate surface area is 299 Å². The first-order valence-corrected chi connectivity index (χ1v) is 18.0. The van der Waals surface area contributed by atoms with Crippen molar-refractivity contribution < 1.29 is 38.4 Å². The van der Waals surface area contributed by atoms with Gasteiger partial charge in [0.2, 0.25) is 0 Å². The van der Waals surface area contributed by atoms with Crippen LogP contribution in [0.25, 0.3) is 0 Å². The molecule has 0 bridgehead atoms. The van der Waals surface area contributed by atoms with E-state index in [0.29, 0.717) is 5.92 Å². The lowest BCUT2D eigenvalue weighted by atomic mass is 9.64. The van der Waals surface area contributed by atoms with Crippen molar-refractivity contribution in [2.45, 2.75) is 131 Å². The van der Waals surface area contributed by atoms with Crippen LogP contribution >= 0.6 is 0 Å². The first-order chi connectivity index (χ1) is 23.4. The van der Waals surface area contributed by atoms with Gasteiger partial charge in [0.25, 0.3) is 0 Å². The summed E-state index contributed by atoms with van der Waals surface area (Å²) in [6, 6.07) is 20.0. The molecule has 0 aliphatic heterocycles. The normalized spacial score (nSPS) is 20.5. The topological polar surface area (TPSA) is 108 Å². The molecule has 8 heteroatoms. The molecular formula is C42H60O8. The van der Waals surface area contributed by atoms with Crippen molar-refractivity contribution in [3.05, 3.63) is 83.9 Å². The molecule has 0 radical (unpaired) electrons. The smallest absolute Gasteiger partial charge is 0.330 e. The van der Waals surface area contributed by atoms with Crippen molar-refractivity contribution in [3.63, 3.8) is 0 Å². The summed E-state index contributed by atoms with van der Waals surface area (Å²) in [5.74, 6) is -0.786. The van der Waals surface area contributed by atoms with Gasteiger partial charge < -0.3 is 24.1 Å². The number of aliphatic hydroxyl groups is 1. The average Bonchev–Trinajstić information content (AvgIpc) is 3.04. The van der Waals surface area contributed by atoms with Gasteiger partial charge in [0, 0.05) is 24.8 Å². The van der Waals surface area contributed by atoms with E-state index in [1.807, 2.05) is 48.5 Å². The molecule has 0 spiro atoms. The summed E-state index contributed by atoms with van der Waals surface area (Å²) in [5.41, 5.74) is 0.445. The maximum absolute atomic E-state index is 13.4. The summed E-state index contributed by atoms with van der Waals surface area (Å²) in [7, 11) is 0. The van der Waals surface area contributed by atoms with Gasteiger partial charge in [-0.1, -0.05) is 87.9 Å². The van der Waals surface area contributed by atoms with Crippen LogP contribution in [0.15, 0.2) is 72.8 Å². The molecule has 276 valence electrons. The van der Waals surface area contributed by atoms with Gasteiger partial charge in [-0.15, -0.1) is 0 Å². The molecule has 3 rings (SSSR count). The molecule has 1 fully saturated rings. The van der Waals surface area contributed by atoms with Gasteiger partial charge in [-0.05, 0) is 82.9 Å². The van der Waals surface area contributed by atoms with E-state index >= 15 is 0 Å². The number of esters is 3. The lowest BCUT2D eigenvalue weighted by molar-refractivity contribution is -0.160. The Balaban J connectivity index is 1.80. The van der Waals surface area contributed by atoms with E-state index in [4.69, 9.17) is 18.9 Å². The third kappa shape index (κ3) is 13.0. The zero-order chi connectivity index (χ0) is 37.1. The number of aliphatic hydroxyl groups excluding tert-OH is 1. The fraction of sp³-hybridized carbons (Fsp3) is 0.595. The molecule has 2 aromatic rings. The highest BCUT2D eigenvalue weighted by Gasteiger charge is 2.42. The average molecular weight is 693 g/mol. The molecule has 0 aromatic heterocycles. The quantitative estimate of drug-likeness (QED) is 0.113. The summed E-state index contributed by atoms with van der Waals surface area (Å²) in [6.07, 6.45) is 3.23. The Morgan fingerprint density at radius 3 is 2.04 bits per heavy atom. The molecule has 50 heavy (non-hydrogen) atoms. The molecule has 0 amide bonds. The van der Waals surface area contributed by atoms with E-state index < -0.39 is 47.0 Å². The van der Waals surface area contributed by atoms with Gasteiger partial charge in [-0.25, -0.2) is 4.79 Å². The first kappa shape index (κ1) is 40.9. The Morgan fingerprint density at radius 1 is 0.840 bits per heavy atom. The van der Waals surface area contributed by atoms with E-state index in [2.05, 4.69) is 32.9 Å².